The van der Waals surface area contributed by atoms with Gasteiger partial charge in [-0.25, -0.2) is 13.2 Å². The molecular formula is C14H9F3OS. The minimum absolute atomic E-state index is 0.225. The minimum Gasteiger partial charge on any atom is -0.288 e. The molecule has 0 fully saturated rings. The molecule has 2 aromatic carbocycles. The molecule has 0 aliphatic rings. The number of hydrogen-bond donors (Lipinski definition) is 0. The van der Waals surface area contributed by atoms with E-state index in [0.29, 0.717) is 12.1 Å². The number of carbonyl (C=O) groups excluding carboxylic acids is 1. The van der Waals surface area contributed by atoms with Crippen molar-refractivity contribution in [2.75, 3.05) is 6.26 Å². The van der Waals surface area contributed by atoms with Gasteiger partial charge in [0.15, 0.2) is 17.4 Å². The Bertz CT molecular complexity index is 623. The summed E-state index contributed by atoms with van der Waals surface area (Å²) in [6.07, 6.45) is 1.88. The van der Waals surface area contributed by atoms with Gasteiger partial charge in [0.2, 0.25) is 0 Å². The zero-order valence-corrected chi connectivity index (χ0v) is 10.7. The van der Waals surface area contributed by atoms with Crippen LogP contribution in [-0.2, 0) is 0 Å². The van der Waals surface area contributed by atoms with Gasteiger partial charge in [0.05, 0.1) is 5.56 Å². The van der Waals surface area contributed by atoms with Gasteiger partial charge in [0.1, 0.15) is 5.82 Å². The van der Waals surface area contributed by atoms with Gasteiger partial charge in [0.25, 0.3) is 0 Å². The van der Waals surface area contributed by atoms with E-state index in [-0.39, 0.29) is 5.56 Å². The van der Waals surface area contributed by atoms with Gasteiger partial charge >= 0.3 is 0 Å². The van der Waals surface area contributed by atoms with Crippen LogP contribution in [-0.4, -0.2) is 12.0 Å². The molecule has 19 heavy (non-hydrogen) atoms. The molecule has 0 bridgehead atoms. The molecule has 2 rings (SSSR count). The molecule has 0 amide bonds. The lowest BCUT2D eigenvalue weighted by Crippen LogP contribution is -2.06. The van der Waals surface area contributed by atoms with Crippen LogP contribution in [0.15, 0.2) is 41.3 Å². The van der Waals surface area contributed by atoms with E-state index in [0.717, 1.165) is 4.90 Å². The van der Waals surface area contributed by atoms with Crippen LogP contribution in [0, 0.1) is 17.5 Å². The largest absolute Gasteiger partial charge is 0.288 e. The van der Waals surface area contributed by atoms with Gasteiger partial charge in [-0.1, -0.05) is 0 Å². The monoisotopic (exact) mass is 282 g/mol. The van der Waals surface area contributed by atoms with Crippen molar-refractivity contribution in [3.8, 4) is 0 Å². The molecular weight excluding hydrogens is 273 g/mol. The summed E-state index contributed by atoms with van der Waals surface area (Å²) in [4.78, 5) is 12.9. The average molecular weight is 282 g/mol. The van der Waals surface area contributed by atoms with Gasteiger partial charge in [-0.3, -0.25) is 4.79 Å². The van der Waals surface area contributed by atoms with E-state index in [1.165, 1.54) is 23.9 Å². The van der Waals surface area contributed by atoms with E-state index >= 15 is 0 Å². The summed E-state index contributed by atoms with van der Waals surface area (Å²) in [6.45, 7) is 0. The smallest absolute Gasteiger partial charge is 0.196 e. The SMILES string of the molecule is CSc1ccc(C(=O)c2cc(F)c(F)cc2F)cc1. The van der Waals surface area contributed by atoms with Crippen LogP contribution in [0.5, 0.6) is 0 Å². The van der Waals surface area contributed by atoms with Crippen molar-refractivity contribution in [3.63, 3.8) is 0 Å². The second-order valence-electron chi connectivity index (χ2n) is 3.80. The van der Waals surface area contributed by atoms with Crippen LogP contribution in [0.25, 0.3) is 0 Å². The Morgan fingerprint density at radius 1 is 0.947 bits per heavy atom. The first-order chi connectivity index (χ1) is 9.02. The Morgan fingerprint density at radius 3 is 2.11 bits per heavy atom. The maximum atomic E-state index is 13.5. The Hall–Kier alpha value is -1.75. The predicted octanol–water partition coefficient (Wildman–Crippen LogP) is 4.06. The fraction of sp³-hybridized carbons (Fsp3) is 0.0714. The summed E-state index contributed by atoms with van der Waals surface area (Å²) in [5, 5.41) is 0. The van der Waals surface area contributed by atoms with Crippen LogP contribution < -0.4 is 0 Å². The maximum Gasteiger partial charge on any atom is 0.196 e. The second-order valence-corrected chi connectivity index (χ2v) is 4.68. The molecule has 0 unspecified atom stereocenters. The topological polar surface area (TPSA) is 17.1 Å². The van der Waals surface area contributed by atoms with E-state index in [2.05, 4.69) is 0 Å². The standard InChI is InChI=1S/C14H9F3OS/c1-19-9-4-2-8(3-5-9)14(18)10-6-12(16)13(17)7-11(10)15/h2-7H,1H3. The Kier molecular flexibility index (Phi) is 3.95. The normalized spacial score (nSPS) is 10.5. The molecule has 0 N–H and O–H groups in total. The van der Waals surface area contributed by atoms with Crippen molar-refractivity contribution in [3.05, 3.63) is 65.0 Å². The minimum atomic E-state index is -1.31. The van der Waals surface area contributed by atoms with Crippen molar-refractivity contribution in [1.82, 2.24) is 0 Å². The Morgan fingerprint density at radius 2 is 1.53 bits per heavy atom. The molecule has 0 spiro atoms. The number of hydrogen-bond acceptors (Lipinski definition) is 2. The van der Waals surface area contributed by atoms with Gasteiger partial charge in [-0.15, -0.1) is 11.8 Å². The number of thioether (sulfide) groups is 1. The highest BCUT2D eigenvalue weighted by Gasteiger charge is 2.17. The van der Waals surface area contributed by atoms with E-state index in [1.807, 2.05) is 6.26 Å². The average Bonchev–Trinajstić information content (AvgIpc) is 2.42. The highest BCUT2D eigenvalue weighted by Crippen LogP contribution is 2.20. The fourth-order valence-electron chi connectivity index (χ4n) is 1.59. The molecule has 2 aromatic rings. The van der Waals surface area contributed by atoms with Gasteiger partial charge in [-0.05, 0) is 36.6 Å². The molecule has 0 aliphatic carbocycles. The summed E-state index contributed by atoms with van der Waals surface area (Å²) >= 11 is 1.50. The molecule has 0 aromatic heterocycles. The van der Waals surface area contributed by atoms with E-state index in [4.69, 9.17) is 0 Å². The van der Waals surface area contributed by atoms with Crippen LogP contribution in [0.4, 0.5) is 13.2 Å². The number of halogens is 3. The maximum absolute atomic E-state index is 13.5. The summed E-state index contributed by atoms with van der Waals surface area (Å²) < 4.78 is 39.3. The molecule has 0 atom stereocenters. The lowest BCUT2D eigenvalue weighted by Gasteiger charge is -2.04. The Labute approximate surface area is 112 Å². The summed E-state index contributed by atoms with van der Waals surface area (Å²) in [5.41, 5.74) is -0.251. The third-order valence-electron chi connectivity index (χ3n) is 2.61. The number of ketones is 1. The number of benzene rings is 2. The zero-order valence-electron chi connectivity index (χ0n) is 9.91. The molecule has 1 nitrogen and oxygen atoms in total. The number of rotatable bonds is 3. The molecule has 0 aliphatic heterocycles. The van der Waals surface area contributed by atoms with Gasteiger partial charge < -0.3 is 0 Å². The van der Waals surface area contributed by atoms with Crippen molar-refractivity contribution in [2.24, 2.45) is 0 Å². The first kappa shape index (κ1) is 13.7. The van der Waals surface area contributed by atoms with Gasteiger partial charge in [-0.2, -0.15) is 0 Å². The number of carbonyl (C=O) groups is 1. The summed E-state index contributed by atoms with van der Waals surface area (Å²) in [6, 6.07) is 7.41. The molecule has 0 saturated heterocycles. The molecule has 98 valence electrons. The summed E-state index contributed by atoms with van der Waals surface area (Å²) in [5.74, 6) is -4.31. The van der Waals surface area contributed by atoms with Crippen LogP contribution in [0.3, 0.4) is 0 Å². The van der Waals surface area contributed by atoms with Gasteiger partial charge in [0, 0.05) is 16.5 Å². The van der Waals surface area contributed by atoms with Crippen molar-refractivity contribution in [2.45, 2.75) is 4.90 Å². The van der Waals surface area contributed by atoms with E-state index in [1.54, 1.807) is 12.1 Å². The lowest BCUT2D eigenvalue weighted by molar-refractivity contribution is 0.103. The third kappa shape index (κ3) is 2.81. The lowest BCUT2D eigenvalue weighted by atomic mass is 10.0. The Balaban J connectivity index is 2.40. The first-order valence-corrected chi connectivity index (χ1v) is 6.58. The quantitative estimate of drug-likeness (QED) is 0.480. The predicted molar refractivity (Wildman–Crippen MR) is 68.0 cm³/mol. The highest BCUT2D eigenvalue weighted by molar-refractivity contribution is 7.98. The van der Waals surface area contributed by atoms with Crippen molar-refractivity contribution >= 4 is 17.5 Å². The van der Waals surface area contributed by atoms with Crippen LogP contribution in [0.1, 0.15) is 15.9 Å². The fourth-order valence-corrected chi connectivity index (χ4v) is 2.00. The van der Waals surface area contributed by atoms with Crippen molar-refractivity contribution < 1.29 is 18.0 Å². The molecule has 0 heterocycles. The van der Waals surface area contributed by atoms with Crippen LogP contribution >= 0.6 is 11.8 Å². The van der Waals surface area contributed by atoms with Crippen LogP contribution in [0.2, 0.25) is 0 Å². The third-order valence-corrected chi connectivity index (χ3v) is 3.35. The first-order valence-electron chi connectivity index (χ1n) is 5.36. The van der Waals surface area contributed by atoms with E-state index < -0.39 is 28.8 Å². The zero-order chi connectivity index (χ0) is 14.0. The summed E-state index contributed by atoms with van der Waals surface area (Å²) in [7, 11) is 0. The highest BCUT2D eigenvalue weighted by atomic mass is 32.2. The second kappa shape index (κ2) is 5.48. The molecule has 5 heteroatoms. The van der Waals surface area contributed by atoms with E-state index in [9.17, 15) is 18.0 Å². The molecule has 0 radical (unpaired) electrons. The molecule has 0 saturated carbocycles. The van der Waals surface area contributed by atoms with Crippen molar-refractivity contribution in [1.29, 1.82) is 0 Å².